The SMILES string of the molecule is CCNC(=O)CC[C@@H](C)[C@H]1CC[C@H]2[C@@H]3[C@H](O)C[C@@H]4C[C@@H](NC(=O)c5c(C)noc5C)CC[C@]4(C)[C@H]3CC[C@]12C. The topological polar surface area (TPSA) is 104 Å². The average molecular weight is 542 g/mol. The van der Waals surface area contributed by atoms with E-state index in [4.69, 9.17) is 4.52 Å². The monoisotopic (exact) mass is 541 g/mol. The van der Waals surface area contributed by atoms with Crippen LogP contribution in [-0.2, 0) is 4.79 Å². The first-order chi connectivity index (χ1) is 18.5. The fraction of sp³-hybridized carbons (Fsp3) is 0.844. The van der Waals surface area contributed by atoms with Gasteiger partial charge in [0, 0.05) is 19.0 Å². The number of aliphatic hydroxyl groups excluding tert-OH is 1. The molecule has 10 atom stereocenters. The number of hydrogen-bond donors (Lipinski definition) is 3. The number of carbonyl (C=O) groups excluding carboxylic acids is 2. The highest BCUT2D eigenvalue weighted by atomic mass is 16.5. The summed E-state index contributed by atoms with van der Waals surface area (Å²) >= 11 is 0. The summed E-state index contributed by atoms with van der Waals surface area (Å²) in [6, 6.07) is 0.128. The van der Waals surface area contributed by atoms with Crippen molar-refractivity contribution in [2.24, 2.45) is 46.3 Å². The van der Waals surface area contributed by atoms with Gasteiger partial charge in [-0.1, -0.05) is 25.9 Å². The Hall–Kier alpha value is -1.89. The molecule has 0 radical (unpaired) electrons. The van der Waals surface area contributed by atoms with Gasteiger partial charge in [0.15, 0.2) is 0 Å². The highest BCUT2D eigenvalue weighted by Crippen LogP contribution is 2.68. The lowest BCUT2D eigenvalue weighted by Gasteiger charge is -2.62. The number of rotatable bonds is 7. The van der Waals surface area contributed by atoms with Gasteiger partial charge in [-0.05, 0) is 125 Å². The molecule has 0 unspecified atom stereocenters. The Morgan fingerprint density at radius 1 is 1.08 bits per heavy atom. The maximum Gasteiger partial charge on any atom is 0.257 e. The molecule has 0 saturated heterocycles. The Bertz CT molecular complexity index is 1050. The summed E-state index contributed by atoms with van der Waals surface area (Å²) in [6.45, 7) is 13.6. The Labute approximate surface area is 234 Å². The van der Waals surface area contributed by atoms with Crippen molar-refractivity contribution < 1.29 is 19.2 Å². The number of fused-ring (bicyclic) bond motifs is 5. The lowest BCUT2D eigenvalue weighted by Crippen LogP contribution is -2.59. The highest BCUT2D eigenvalue weighted by molar-refractivity contribution is 5.96. The summed E-state index contributed by atoms with van der Waals surface area (Å²) < 4.78 is 5.22. The minimum absolute atomic E-state index is 0.0826. The zero-order chi connectivity index (χ0) is 28.1. The smallest absolute Gasteiger partial charge is 0.257 e. The lowest BCUT2D eigenvalue weighted by atomic mass is 9.43. The summed E-state index contributed by atoms with van der Waals surface area (Å²) in [5.41, 5.74) is 1.68. The minimum atomic E-state index is -0.265. The van der Waals surface area contributed by atoms with Crippen molar-refractivity contribution in [3.05, 3.63) is 17.0 Å². The summed E-state index contributed by atoms with van der Waals surface area (Å²) in [7, 11) is 0. The maximum atomic E-state index is 13.0. The van der Waals surface area contributed by atoms with E-state index in [0.29, 0.717) is 65.5 Å². The average Bonchev–Trinajstić information content (AvgIpc) is 3.41. The van der Waals surface area contributed by atoms with Crippen LogP contribution in [0.2, 0.25) is 0 Å². The van der Waals surface area contributed by atoms with Crippen molar-refractivity contribution in [2.45, 2.75) is 118 Å². The number of nitrogens with zero attached hydrogens (tertiary/aromatic N) is 1. The van der Waals surface area contributed by atoms with Crippen LogP contribution in [0.3, 0.4) is 0 Å². The molecule has 1 aromatic heterocycles. The first kappa shape index (κ1) is 28.6. The van der Waals surface area contributed by atoms with E-state index >= 15 is 0 Å². The van der Waals surface area contributed by atoms with Gasteiger partial charge >= 0.3 is 0 Å². The number of amides is 2. The molecule has 1 heterocycles. The van der Waals surface area contributed by atoms with Crippen LogP contribution in [-0.4, -0.2) is 40.8 Å². The van der Waals surface area contributed by atoms with E-state index in [1.54, 1.807) is 6.92 Å². The van der Waals surface area contributed by atoms with Crippen molar-refractivity contribution in [1.82, 2.24) is 15.8 Å². The van der Waals surface area contributed by atoms with Gasteiger partial charge in [-0.2, -0.15) is 0 Å². The second-order valence-electron chi connectivity index (χ2n) is 14.1. The van der Waals surface area contributed by atoms with Gasteiger partial charge in [0.2, 0.25) is 5.91 Å². The van der Waals surface area contributed by atoms with Gasteiger partial charge < -0.3 is 20.3 Å². The molecule has 0 aliphatic heterocycles. The number of nitrogens with one attached hydrogen (secondary N) is 2. The molecule has 2 amide bonds. The molecule has 7 heteroatoms. The van der Waals surface area contributed by atoms with E-state index in [2.05, 4.69) is 36.6 Å². The second-order valence-corrected chi connectivity index (χ2v) is 14.1. The van der Waals surface area contributed by atoms with E-state index in [1.807, 2.05) is 13.8 Å². The van der Waals surface area contributed by atoms with Gasteiger partial charge in [-0.15, -0.1) is 0 Å². The molecule has 39 heavy (non-hydrogen) atoms. The van der Waals surface area contributed by atoms with Gasteiger partial charge in [-0.25, -0.2) is 0 Å². The highest BCUT2D eigenvalue weighted by Gasteiger charge is 2.62. The van der Waals surface area contributed by atoms with Gasteiger partial charge in [-0.3, -0.25) is 9.59 Å². The molecule has 0 spiro atoms. The Morgan fingerprint density at radius 2 is 1.79 bits per heavy atom. The van der Waals surface area contributed by atoms with Crippen molar-refractivity contribution in [1.29, 1.82) is 0 Å². The molecule has 1 aromatic rings. The van der Waals surface area contributed by atoms with Crippen LogP contribution in [0.1, 0.15) is 114 Å². The summed E-state index contributed by atoms with van der Waals surface area (Å²) in [4.78, 5) is 25.2. The summed E-state index contributed by atoms with van der Waals surface area (Å²) in [5, 5.41) is 21.9. The largest absolute Gasteiger partial charge is 0.393 e. The molecular formula is C32H51N3O4. The predicted molar refractivity (Wildman–Crippen MR) is 151 cm³/mol. The number of hydrogen-bond acceptors (Lipinski definition) is 5. The zero-order valence-electron chi connectivity index (χ0n) is 25.0. The first-order valence-electron chi connectivity index (χ1n) is 15.7. The molecule has 5 rings (SSSR count). The molecule has 0 aromatic carbocycles. The normalized spacial score (nSPS) is 40.2. The molecule has 4 aliphatic carbocycles. The third-order valence-corrected chi connectivity index (χ3v) is 12.2. The number of aliphatic hydroxyl groups is 1. The summed E-state index contributed by atoms with van der Waals surface area (Å²) in [5.74, 6) is 3.74. The van der Waals surface area contributed by atoms with Crippen LogP contribution in [0.15, 0.2) is 4.52 Å². The van der Waals surface area contributed by atoms with Crippen LogP contribution < -0.4 is 10.6 Å². The van der Waals surface area contributed by atoms with Crippen LogP contribution in [0, 0.1) is 60.2 Å². The molecule has 218 valence electrons. The fourth-order valence-corrected chi connectivity index (χ4v) is 10.2. The molecular weight excluding hydrogens is 490 g/mol. The quantitative estimate of drug-likeness (QED) is 0.419. The van der Waals surface area contributed by atoms with Crippen molar-refractivity contribution in [3.63, 3.8) is 0 Å². The van der Waals surface area contributed by atoms with Gasteiger partial charge in [0.25, 0.3) is 5.91 Å². The Morgan fingerprint density at radius 3 is 2.49 bits per heavy atom. The molecule has 7 nitrogen and oxygen atoms in total. The summed E-state index contributed by atoms with van der Waals surface area (Å²) in [6.07, 6.45) is 10.0. The molecule has 3 N–H and O–H groups in total. The van der Waals surface area contributed by atoms with Crippen molar-refractivity contribution >= 4 is 11.8 Å². The van der Waals surface area contributed by atoms with E-state index < -0.39 is 0 Å². The third kappa shape index (κ3) is 4.95. The van der Waals surface area contributed by atoms with Gasteiger partial charge in [0.1, 0.15) is 11.3 Å². The molecule has 4 aliphatic rings. The van der Waals surface area contributed by atoms with E-state index in [1.165, 1.54) is 25.7 Å². The van der Waals surface area contributed by atoms with Gasteiger partial charge in [0.05, 0.1) is 11.8 Å². The molecule has 4 saturated carbocycles. The zero-order valence-corrected chi connectivity index (χ0v) is 25.0. The van der Waals surface area contributed by atoms with E-state index in [-0.39, 0.29) is 34.8 Å². The van der Waals surface area contributed by atoms with Crippen LogP contribution in [0.25, 0.3) is 0 Å². The molecule has 0 bridgehead atoms. The predicted octanol–water partition coefficient (Wildman–Crippen LogP) is 5.57. The Kier molecular flexibility index (Phi) is 7.95. The van der Waals surface area contributed by atoms with Crippen LogP contribution in [0.5, 0.6) is 0 Å². The standard InChI is InChI=1S/C32H51N3O4/c1-7-33-27(37)11-8-18(2)23-9-10-24-29-25(13-15-32(23,24)6)31(5)14-12-22(16-21(31)17-26(29)36)34-30(38)28-19(3)35-39-20(28)4/h18,21-26,29,36H,7-17H2,1-6H3,(H,33,37)(H,34,38)/t18-,21+,22+,23-,24+,25+,26-,29+,31+,32-/m1/s1. The second kappa shape index (κ2) is 10.8. The first-order valence-corrected chi connectivity index (χ1v) is 15.7. The minimum Gasteiger partial charge on any atom is -0.393 e. The van der Waals surface area contributed by atoms with Crippen LogP contribution in [0.4, 0.5) is 0 Å². The number of carbonyl (C=O) groups is 2. The number of aryl methyl sites for hydroxylation is 2. The van der Waals surface area contributed by atoms with E-state index in [0.717, 1.165) is 32.1 Å². The third-order valence-electron chi connectivity index (χ3n) is 12.2. The fourth-order valence-electron chi connectivity index (χ4n) is 10.2. The van der Waals surface area contributed by atoms with Crippen molar-refractivity contribution in [2.75, 3.05) is 6.54 Å². The molecule has 4 fully saturated rings. The van der Waals surface area contributed by atoms with Crippen LogP contribution >= 0.6 is 0 Å². The number of aromatic nitrogens is 1. The van der Waals surface area contributed by atoms with Crippen molar-refractivity contribution in [3.8, 4) is 0 Å². The Balaban J connectivity index is 1.26. The lowest BCUT2D eigenvalue weighted by molar-refractivity contribution is -0.166. The van der Waals surface area contributed by atoms with E-state index in [9.17, 15) is 14.7 Å². The maximum absolute atomic E-state index is 13.0.